The number of aliphatic hydroxyl groups is 1. The molecule has 7 nitrogen and oxygen atoms in total. The highest BCUT2D eigenvalue weighted by Gasteiger charge is 2.37. The third-order valence-electron chi connectivity index (χ3n) is 4.52. The number of likely N-dealkylation sites (N-methyl/N-ethyl adjacent to an activating group) is 1. The average molecular weight is 397 g/mol. The maximum Gasteiger partial charge on any atom is 0.247 e. The van der Waals surface area contributed by atoms with Crippen molar-refractivity contribution in [3.8, 4) is 17.6 Å². The van der Waals surface area contributed by atoms with Crippen molar-refractivity contribution in [3.63, 3.8) is 0 Å². The number of sulfonamides is 1. The Bertz CT molecular complexity index is 800. The number of ether oxygens (including phenoxy) is 2. The van der Waals surface area contributed by atoms with Crippen LogP contribution in [0, 0.1) is 17.8 Å². The molecule has 0 fully saturated rings. The number of fused-ring (bicyclic) bond motifs is 1. The Balaban J connectivity index is 2.56. The van der Waals surface area contributed by atoms with Crippen LogP contribution in [0.15, 0.2) is 23.1 Å². The van der Waals surface area contributed by atoms with E-state index in [1.807, 2.05) is 14.0 Å². The lowest BCUT2D eigenvalue weighted by Crippen LogP contribution is -2.49. The summed E-state index contributed by atoms with van der Waals surface area (Å²) >= 11 is 0. The van der Waals surface area contributed by atoms with Crippen LogP contribution in [0.25, 0.3) is 0 Å². The van der Waals surface area contributed by atoms with Crippen LogP contribution in [-0.2, 0) is 14.8 Å². The van der Waals surface area contributed by atoms with E-state index in [0.717, 1.165) is 0 Å². The highest BCUT2D eigenvalue weighted by atomic mass is 32.2. The number of hydrogen-bond donors (Lipinski definition) is 2. The molecule has 1 aliphatic heterocycles. The van der Waals surface area contributed by atoms with Gasteiger partial charge in [0.05, 0.1) is 6.61 Å². The van der Waals surface area contributed by atoms with Gasteiger partial charge in [-0.15, -0.1) is 0 Å². The van der Waals surface area contributed by atoms with Gasteiger partial charge in [0.25, 0.3) is 0 Å². The molecule has 0 unspecified atom stereocenters. The van der Waals surface area contributed by atoms with Crippen LogP contribution in [0.4, 0.5) is 0 Å². The Labute approximate surface area is 161 Å². The molecule has 1 aromatic carbocycles. The predicted molar refractivity (Wildman–Crippen MR) is 103 cm³/mol. The van der Waals surface area contributed by atoms with Crippen molar-refractivity contribution in [2.24, 2.45) is 5.92 Å². The standard InChI is InChI=1S/C19H28N2O5S/c1-14-12-21(15(2)13-22)27(23,24)19-8-7-16(6-5-9-25-4)10-17(19)26-18(14)11-20-3/h7-8,10,14-15,18,20,22H,9,11-13H2,1-4H3/t14-,15-,18-/m0/s1. The fraction of sp³-hybridized carbons (Fsp3) is 0.579. The number of nitrogens with one attached hydrogen (secondary N) is 1. The Morgan fingerprint density at radius 2 is 2.22 bits per heavy atom. The molecule has 0 aromatic heterocycles. The molecule has 3 atom stereocenters. The molecular weight excluding hydrogens is 368 g/mol. The second kappa shape index (κ2) is 9.53. The second-order valence-electron chi connectivity index (χ2n) is 6.69. The van der Waals surface area contributed by atoms with Crippen LogP contribution in [-0.4, -0.2) is 70.4 Å². The van der Waals surface area contributed by atoms with Gasteiger partial charge in [-0.25, -0.2) is 8.42 Å². The van der Waals surface area contributed by atoms with Crippen molar-refractivity contribution in [1.29, 1.82) is 0 Å². The zero-order valence-electron chi connectivity index (χ0n) is 16.2. The van der Waals surface area contributed by atoms with E-state index in [9.17, 15) is 13.5 Å². The average Bonchev–Trinajstić information content (AvgIpc) is 2.64. The topological polar surface area (TPSA) is 88.1 Å². The van der Waals surface area contributed by atoms with Gasteiger partial charge >= 0.3 is 0 Å². The molecule has 2 N–H and O–H groups in total. The first-order valence-electron chi connectivity index (χ1n) is 8.91. The smallest absolute Gasteiger partial charge is 0.247 e. The highest BCUT2D eigenvalue weighted by Crippen LogP contribution is 2.33. The van der Waals surface area contributed by atoms with Crippen molar-refractivity contribution < 1.29 is 23.0 Å². The Kier molecular flexibility index (Phi) is 7.65. The predicted octanol–water partition coefficient (Wildman–Crippen LogP) is 0.673. The first-order valence-corrected chi connectivity index (χ1v) is 10.3. The maximum atomic E-state index is 13.2. The monoisotopic (exact) mass is 396 g/mol. The highest BCUT2D eigenvalue weighted by molar-refractivity contribution is 7.89. The molecule has 1 heterocycles. The van der Waals surface area contributed by atoms with Crippen LogP contribution in [0.2, 0.25) is 0 Å². The Morgan fingerprint density at radius 3 is 2.85 bits per heavy atom. The molecule has 0 spiro atoms. The summed E-state index contributed by atoms with van der Waals surface area (Å²) in [4.78, 5) is 0.0908. The minimum absolute atomic E-state index is 0.0717. The van der Waals surface area contributed by atoms with Crippen molar-refractivity contribution in [2.75, 3.05) is 40.5 Å². The van der Waals surface area contributed by atoms with Crippen molar-refractivity contribution in [2.45, 2.75) is 30.9 Å². The zero-order valence-corrected chi connectivity index (χ0v) is 17.0. The summed E-state index contributed by atoms with van der Waals surface area (Å²) in [6, 6.07) is 4.30. The molecular formula is C19H28N2O5S. The van der Waals surface area contributed by atoms with Gasteiger partial charge < -0.3 is 19.9 Å². The molecule has 1 aromatic rings. The quantitative estimate of drug-likeness (QED) is 0.712. The maximum absolute atomic E-state index is 13.2. The largest absolute Gasteiger partial charge is 0.487 e. The summed E-state index contributed by atoms with van der Waals surface area (Å²) in [6.07, 6.45) is -0.222. The molecule has 0 radical (unpaired) electrons. The lowest BCUT2D eigenvalue weighted by molar-refractivity contribution is 0.103. The number of aliphatic hydroxyl groups excluding tert-OH is 1. The van der Waals surface area contributed by atoms with Crippen LogP contribution in [0.1, 0.15) is 19.4 Å². The van der Waals surface area contributed by atoms with Gasteiger partial charge in [0, 0.05) is 37.7 Å². The first-order chi connectivity index (χ1) is 12.8. The summed E-state index contributed by atoms with van der Waals surface area (Å²) in [5.74, 6) is 6.01. The summed E-state index contributed by atoms with van der Waals surface area (Å²) in [7, 11) is -0.424. The molecule has 0 amide bonds. The summed E-state index contributed by atoms with van der Waals surface area (Å²) in [5, 5.41) is 12.7. The Hall–Kier alpha value is -1.63. The summed E-state index contributed by atoms with van der Waals surface area (Å²) in [5.41, 5.74) is 0.652. The van der Waals surface area contributed by atoms with Gasteiger partial charge in [-0.1, -0.05) is 18.8 Å². The lowest BCUT2D eigenvalue weighted by atomic mass is 10.0. The number of benzene rings is 1. The van der Waals surface area contributed by atoms with E-state index in [1.54, 1.807) is 26.2 Å². The van der Waals surface area contributed by atoms with Crippen molar-refractivity contribution in [1.82, 2.24) is 9.62 Å². The summed E-state index contributed by atoms with van der Waals surface area (Å²) < 4.78 is 38.8. The lowest BCUT2D eigenvalue weighted by Gasteiger charge is -2.36. The normalized spacial score (nSPS) is 23.1. The zero-order chi connectivity index (χ0) is 20.0. The van der Waals surface area contributed by atoms with Crippen LogP contribution < -0.4 is 10.1 Å². The van der Waals surface area contributed by atoms with Gasteiger partial charge in [0.1, 0.15) is 23.4 Å². The van der Waals surface area contributed by atoms with Crippen LogP contribution >= 0.6 is 0 Å². The van der Waals surface area contributed by atoms with E-state index in [0.29, 0.717) is 12.1 Å². The summed E-state index contributed by atoms with van der Waals surface area (Å²) in [6.45, 7) is 4.52. The number of nitrogens with zero attached hydrogens (tertiary/aromatic N) is 1. The molecule has 0 saturated carbocycles. The third-order valence-corrected chi connectivity index (χ3v) is 6.54. The molecule has 27 heavy (non-hydrogen) atoms. The second-order valence-corrected chi connectivity index (χ2v) is 8.55. The first kappa shape index (κ1) is 21.7. The molecule has 0 saturated heterocycles. The van der Waals surface area contributed by atoms with E-state index in [1.165, 1.54) is 10.4 Å². The molecule has 8 heteroatoms. The molecule has 0 aliphatic carbocycles. The van der Waals surface area contributed by atoms with Gasteiger partial charge in [0.2, 0.25) is 10.0 Å². The fourth-order valence-corrected chi connectivity index (χ4v) is 4.78. The SMILES string of the molecule is CNC[C@@H]1Oc2cc(C#CCOC)ccc2S(=O)(=O)N([C@@H](C)CO)C[C@@H]1C. The fourth-order valence-electron chi connectivity index (χ4n) is 2.96. The third kappa shape index (κ3) is 5.00. The molecule has 0 bridgehead atoms. The van der Waals surface area contributed by atoms with E-state index in [4.69, 9.17) is 9.47 Å². The minimum Gasteiger partial charge on any atom is -0.487 e. The van der Waals surface area contributed by atoms with Gasteiger partial charge in [0.15, 0.2) is 0 Å². The van der Waals surface area contributed by atoms with Crippen molar-refractivity contribution in [3.05, 3.63) is 23.8 Å². The molecule has 150 valence electrons. The van der Waals surface area contributed by atoms with Crippen LogP contribution in [0.3, 0.4) is 0 Å². The Morgan fingerprint density at radius 1 is 1.48 bits per heavy atom. The molecule has 2 rings (SSSR count). The minimum atomic E-state index is -3.81. The van der Waals surface area contributed by atoms with Gasteiger partial charge in [-0.3, -0.25) is 0 Å². The van der Waals surface area contributed by atoms with E-state index in [2.05, 4.69) is 17.2 Å². The van der Waals surface area contributed by atoms with Gasteiger partial charge in [-0.05, 0) is 32.2 Å². The van der Waals surface area contributed by atoms with E-state index >= 15 is 0 Å². The van der Waals surface area contributed by atoms with Crippen LogP contribution in [0.5, 0.6) is 5.75 Å². The molecule has 1 aliphatic rings. The van der Waals surface area contributed by atoms with Gasteiger partial charge in [-0.2, -0.15) is 4.31 Å². The van der Waals surface area contributed by atoms with E-state index in [-0.39, 0.29) is 42.4 Å². The number of methoxy groups -OCH3 is 1. The van der Waals surface area contributed by atoms with E-state index < -0.39 is 16.1 Å². The van der Waals surface area contributed by atoms with Crippen molar-refractivity contribution >= 4 is 10.0 Å². The number of rotatable bonds is 5. The number of hydrogen-bond acceptors (Lipinski definition) is 6.